The van der Waals surface area contributed by atoms with Crippen LogP contribution >= 0.6 is 0 Å². The molecule has 0 saturated heterocycles. The van der Waals surface area contributed by atoms with Crippen LogP contribution in [0.4, 0.5) is 0 Å². The highest BCUT2D eigenvalue weighted by molar-refractivity contribution is 6.24. The summed E-state index contributed by atoms with van der Waals surface area (Å²) in [5.41, 5.74) is 4.02. The van der Waals surface area contributed by atoms with Crippen LogP contribution in [0.2, 0.25) is 0 Å². The number of ketones is 2. The van der Waals surface area contributed by atoms with Crippen LogP contribution < -0.4 is 5.73 Å². The molecule has 3 aliphatic carbocycles. The first kappa shape index (κ1) is 25.4. The van der Waals surface area contributed by atoms with E-state index in [0.717, 1.165) is 0 Å². The lowest BCUT2D eigenvalue weighted by Gasteiger charge is -2.50. The summed E-state index contributed by atoms with van der Waals surface area (Å²) in [6, 6.07) is 8.62. The number of nitrogens with zero attached hydrogens (tertiary/aromatic N) is 1. The van der Waals surface area contributed by atoms with E-state index in [1.54, 1.807) is 44.4 Å². The van der Waals surface area contributed by atoms with E-state index in [2.05, 4.69) is 0 Å². The summed E-state index contributed by atoms with van der Waals surface area (Å²) >= 11 is 0. The molecule has 1 amide bonds. The summed E-state index contributed by atoms with van der Waals surface area (Å²) in [5, 5.41) is 44.6. The Bertz CT molecular complexity index is 1490. The second kappa shape index (κ2) is 8.64. The van der Waals surface area contributed by atoms with Crippen molar-refractivity contribution in [1.29, 1.82) is 0 Å². The highest BCUT2D eigenvalue weighted by atomic mass is 16.3. The van der Waals surface area contributed by atoms with Crippen molar-refractivity contribution in [3.8, 4) is 16.9 Å². The van der Waals surface area contributed by atoms with Crippen molar-refractivity contribution in [2.75, 3.05) is 14.1 Å². The number of aliphatic hydroxyl groups is 3. The SMILES string of the molecule is CN(C)[C@H]1C(=O)C(C(N)=O)=C(O)[C@@]2(O)C(=O)C3=C(O)c4c(O)ccc(-c5ccc(C=O)cc5)c4C[C@H]3C[C@H]12. The van der Waals surface area contributed by atoms with E-state index >= 15 is 0 Å². The molecule has 196 valence electrons. The van der Waals surface area contributed by atoms with E-state index in [0.29, 0.717) is 28.5 Å². The Hall–Kier alpha value is -4.28. The van der Waals surface area contributed by atoms with Gasteiger partial charge in [-0.05, 0) is 55.6 Å². The molecule has 0 radical (unpaired) electrons. The zero-order valence-corrected chi connectivity index (χ0v) is 20.6. The van der Waals surface area contributed by atoms with Crippen molar-refractivity contribution in [3.63, 3.8) is 0 Å². The number of phenols is 1. The van der Waals surface area contributed by atoms with Gasteiger partial charge in [-0.25, -0.2) is 0 Å². The number of carbonyl (C=O) groups excluding carboxylic acids is 4. The first-order valence-electron chi connectivity index (χ1n) is 12.0. The Balaban J connectivity index is 1.72. The van der Waals surface area contributed by atoms with Crippen LogP contribution in [-0.2, 0) is 20.8 Å². The molecule has 2 aromatic carbocycles. The maximum Gasteiger partial charge on any atom is 0.255 e. The third kappa shape index (κ3) is 3.34. The Morgan fingerprint density at radius 2 is 1.74 bits per heavy atom. The molecule has 2 aromatic rings. The number of fused-ring (bicyclic) bond motifs is 3. The van der Waals surface area contributed by atoms with Gasteiger partial charge in [-0.3, -0.25) is 24.1 Å². The number of hydrogen-bond donors (Lipinski definition) is 5. The molecule has 3 aliphatic rings. The van der Waals surface area contributed by atoms with Crippen molar-refractivity contribution in [2.45, 2.75) is 24.5 Å². The molecule has 0 aromatic heterocycles. The van der Waals surface area contributed by atoms with Gasteiger partial charge in [0.2, 0.25) is 5.78 Å². The Morgan fingerprint density at radius 1 is 1.08 bits per heavy atom. The van der Waals surface area contributed by atoms with Crippen LogP contribution in [-0.4, -0.2) is 74.8 Å². The Morgan fingerprint density at radius 3 is 2.32 bits per heavy atom. The van der Waals surface area contributed by atoms with E-state index in [1.807, 2.05) is 0 Å². The zero-order valence-electron chi connectivity index (χ0n) is 20.6. The number of aldehydes is 1. The average Bonchev–Trinajstić information content (AvgIpc) is 2.86. The third-order valence-electron chi connectivity index (χ3n) is 7.96. The molecule has 38 heavy (non-hydrogen) atoms. The number of amides is 1. The molecule has 0 bridgehead atoms. The fourth-order valence-corrected chi connectivity index (χ4v) is 6.26. The molecule has 1 fully saturated rings. The van der Waals surface area contributed by atoms with Crippen LogP contribution in [0, 0.1) is 11.8 Å². The van der Waals surface area contributed by atoms with Gasteiger partial charge in [0.25, 0.3) is 5.91 Å². The molecule has 10 nitrogen and oxygen atoms in total. The molecule has 1 saturated carbocycles. The molecule has 0 unspecified atom stereocenters. The summed E-state index contributed by atoms with van der Waals surface area (Å²) in [5.74, 6) is -6.92. The maximum absolute atomic E-state index is 13.9. The lowest BCUT2D eigenvalue weighted by Crippen LogP contribution is -2.65. The number of hydrogen-bond acceptors (Lipinski definition) is 9. The minimum absolute atomic E-state index is 0.00490. The predicted molar refractivity (Wildman–Crippen MR) is 135 cm³/mol. The van der Waals surface area contributed by atoms with E-state index in [9.17, 15) is 39.6 Å². The topological polar surface area (TPSA) is 178 Å². The van der Waals surface area contributed by atoms with Gasteiger partial charge in [0.15, 0.2) is 11.4 Å². The van der Waals surface area contributed by atoms with Crippen molar-refractivity contribution in [2.24, 2.45) is 17.6 Å². The van der Waals surface area contributed by atoms with Crippen LogP contribution in [0.1, 0.15) is 27.9 Å². The summed E-state index contributed by atoms with van der Waals surface area (Å²) in [4.78, 5) is 51.7. The van der Waals surface area contributed by atoms with Crippen LogP contribution in [0.15, 0.2) is 53.3 Å². The molecular weight excluding hydrogens is 492 g/mol. The molecule has 5 rings (SSSR count). The Kier molecular flexibility index (Phi) is 5.77. The van der Waals surface area contributed by atoms with Gasteiger partial charge in [-0.2, -0.15) is 0 Å². The van der Waals surface area contributed by atoms with E-state index in [-0.39, 0.29) is 29.7 Å². The monoisotopic (exact) mass is 518 g/mol. The van der Waals surface area contributed by atoms with E-state index in [4.69, 9.17) is 5.73 Å². The molecule has 0 aliphatic heterocycles. The van der Waals surface area contributed by atoms with Gasteiger partial charge in [-0.1, -0.05) is 30.3 Å². The predicted octanol–water partition coefficient (Wildman–Crippen LogP) is 1.44. The van der Waals surface area contributed by atoms with Gasteiger partial charge in [-0.15, -0.1) is 0 Å². The quantitative estimate of drug-likeness (QED) is 0.296. The van der Waals surface area contributed by atoms with Gasteiger partial charge >= 0.3 is 0 Å². The number of aliphatic hydroxyl groups excluding tert-OH is 2. The number of primary amides is 1. The number of carbonyl (C=O) groups is 4. The number of aromatic hydroxyl groups is 1. The largest absolute Gasteiger partial charge is 0.508 e. The summed E-state index contributed by atoms with van der Waals surface area (Å²) < 4.78 is 0. The van der Waals surface area contributed by atoms with Crippen molar-refractivity contribution >= 4 is 29.5 Å². The number of nitrogens with two attached hydrogens (primary N) is 1. The number of phenolic OH excluding ortho intramolecular Hbond substituents is 1. The fourth-order valence-electron chi connectivity index (χ4n) is 6.26. The lowest BCUT2D eigenvalue weighted by molar-refractivity contribution is -0.153. The number of rotatable bonds is 4. The average molecular weight is 519 g/mol. The lowest BCUT2D eigenvalue weighted by atomic mass is 9.57. The first-order valence-corrected chi connectivity index (χ1v) is 12.0. The summed E-state index contributed by atoms with van der Waals surface area (Å²) in [6.07, 6.45) is 0.893. The smallest absolute Gasteiger partial charge is 0.255 e. The third-order valence-corrected chi connectivity index (χ3v) is 7.96. The van der Waals surface area contributed by atoms with E-state index in [1.165, 1.54) is 11.0 Å². The minimum atomic E-state index is -2.68. The standard InChI is InChI=1S/C28H26N2O8/c1-30(2)22-17-10-14-9-16-15(13-5-3-12(11-31)4-6-13)7-8-18(32)20(16)23(33)19(14)25(35)28(17,38)26(36)21(24(22)34)27(29)37/h3-8,11,14,17,22,32-33,36,38H,9-10H2,1-2H3,(H2,29,37)/t14-,17+,22+,28-/m0/s1. The first-order chi connectivity index (χ1) is 17.9. The number of Topliss-reactive ketones (excluding diaryl/α,β-unsaturated/α-hetero) is 2. The molecular formula is C28H26N2O8. The van der Waals surface area contributed by atoms with Gasteiger partial charge < -0.3 is 26.2 Å². The normalized spacial score (nSPS) is 26.7. The van der Waals surface area contributed by atoms with Gasteiger partial charge in [0.05, 0.1) is 11.6 Å². The second-order valence-corrected chi connectivity index (χ2v) is 10.2. The van der Waals surface area contributed by atoms with Crippen LogP contribution in [0.25, 0.3) is 16.9 Å². The number of likely N-dealkylation sites (N-methyl/N-ethyl adjacent to an activating group) is 1. The van der Waals surface area contributed by atoms with Gasteiger partial charge in [0, 0.05) is 17.1 Å². The maximum atomic E-state index is 13.9. The molecule has 0 heterocycles. The number of benzene rings is 2. The van der Waals surface area contributed by atoms with Crippen molar-refractivity contribution < 1.29 is 39.6 Å². The summed E-state index contributed by atoms with van der Waals surface area (Å²) in [7, 11) is 3.10. The molecule has 0 spiro atoms. The van der Waals surface area contributed by atoms with E-state index < -0.39 is 58.0 Å². The van der Waals surface area contributed by atoms with Gasteiger partial charge in [0.1, 0.15) is 29.1 Å². The molecule has 10 heteroatoms. The van der Waals surface area contributed by atoms with Crippen molar-refractivity contribution in [3.05, 3.63) is 70.0 Å². The Labute approximate surface area is 217 Å². The van der Waals surface area contributed by atoms with Crippen LogP contribution in [0.5, 0.6) is 5.75 Å². The molecule has 6 N–H and O–H groups in total. The fraction of sp³-hybridized carbons (Fsp3) is 0.286. The highest BCUT2D eigenvalue weighted by Gasteiger charge is 2.64. The van der Waals surface area contributed by atoms with Crippen LogP contribution in [0.3, 0.4) is 0 Å². The van der Waals surface area contributed by atoms with Crippen molar-refractivity contribution in [1.82, 2.24) is 4.90 Å². The minimum Gasteiger partial charge on any atom is -0.508 e. The summed E-state index contributed by atoms with van der Waals surface area (Å²) in [6.45, 7) is 0. The highest BCUT2D eigenvalue weighted by Crippen LogP contribution is 2.53. The zero-order chi connectivity index (χ0) is 27.7. The molecule has 4 atom stereocenters. The second-order valence-electron chi connectivity index (χ2n) is 10.2.